The van der Waals surface area contributed by atoms with Gasteiger partial charge in [0.2, 0.25) is 0 Å². The first-order valence-electron chi connectivity index (χ1n) is 5.67. The van der Waals surface area contributed by atoms with E-state index in [1.165, 1.54) is 0 Å². The molecule has 1 rings (SSSR count). The Balaban J connectivity index is 2.68. The van der Waals surface area contributed by atoms with Gasteiger partial charge in [-0.3, -0.25) is 0 Å². The Hall–Kier alpha value is -1.26. The second kappa shape index (κ2) is 6.07. The van der Waals surface area contributed by atoms with Crippen LogP contribution in [0.2, 0.25) is 5.02 Å². The fraction of sp³-hybridized carbons (Fsp3) is 0.462. The van der Waals surface area contributed by atoms with Gasteiger partial charge in [-0.2, -0.15) is 0 Å². The Bertz CT molecular complexity index is 398. The van der Waals surface area contributed by atoms with Crippen LogP contribution in [-0.2, 0) is 4.74 Å². The van der Waals surface area contributed by atoms with Crippen LogP contribution in [0.4, 0.5) is 4.79 Å². The van der Waals surface area contributed by atoms with Crippen LogP contribution in [0.25, 0.3) is 0 Å². The standard InChI is InChI=1S/C13H18ClNO3/c1-13(2,3)18-12(17)15-11(8-16)9-4-6-10(14)7-5-9/h4-7,11,16H,8H2,1-3H3,(H,15,17)/t11-/m0/s1. The molecule has 1 aromatic rings. The number of benzene rings is 1. The largest absolute Gasteiger partial charge is 0.444 e. The van der Waals surface area contributed by atoms with Crippen molar-refractivity contribution in [2.24, 2.45) is 0 Å². The Morgan fingerprint density at radius 3 is 2.39 bits per heavy atom. The van der Waals surface area contributed by atoms with E-state index in [1.54, 1.807) is 45.0 Å². The molecule has 100 valence electrons. The lowest BCUT2D eigenvalue weighted by Crippen LogP contribution is -2.36. The molecule has 18 heavy (non-hydrogen) atoms. The third-order valence-corrected chi connectivity index (χ3v) is 2.40. The summed E-state index contributed by atoms with van der Waals surface area (Å²) in [6, 6.07) is 6.41. The van der Waals surface area contributed by atoms with Crippen LogP contribution in [-0.4, -0.2) is 23.4 Å². The van der Waals surface area contributed by atoms with Crippen LogP contribution in [0.15, 0.2) is 24.3 Å². The van der Waals surface area contributed by atoms with Crippen LogP contribution in [0.1, 0.15) is 32.4 Å². The van der Waals surface area contributed by atoms with Crippen LogP contribution >= 0.6 is 11.6 Å². The van der Waals surface area contributed by atoms with Crippen molar-refractivity contribution in [2.45, 2.75) is 32.4 Å². The predicted octanol–water partition coefficient (Wildman–Crippen LogP) is 2.90. The summed E-state index contributed by atoms with van der Waals surface area (Å²) in [4.78, 5) is 11.6. The molecule has 0 fully saturated rings. The zero-order valence-electron chi connectivity index (χ0n) is 10.7. The number of alkyl carbamates (subject to hydrolysis) is 1. The van der Waals surface area contributed by atoms with Crippen molar-refractivity contribution < 1.29 is 14.6 Å². The van der Waals surface area contributed by atoms with E-state index in [1.807, 2.05) is 0 Å². The third-order valence-electron chi connectivity index (χ3n) is 2.15. The quantitative estimate of drug-likeness (QED) is 0.889. The highest BCUT2D eigenvalue weighted by Gasteiger charge is 2.19. The van der Waals surface area contributed by atoms with Crippen molar-refractivity contribution in [1.29, 1.82) is 0 Å². The average molecular weight is 272 g/mol. The molecule has 0 unspecified atom stereocenters. The molecule has 0 aliphatic heterocycles. The highest BCUT2D eigenvalue weighted by molar-refractivity contribution is 6.30. The van der Waals surface area contributed by atoms with Gasteiger partial charge in [-0.05, 0) is 38.5 Å². The number of ether oxygens (including phenoxy) is 1. The highest BCUT2D eigenvalue weighted by atomic mass is 35.5. The van der Waals surface area contributed by atoms with E-state index in [4.69, 9.17) is 16.3 Å². The molecule has 1 amide bonds. The topological polar surface area (TPSA) is 58.6 Å². The molecule has 0 spiro atoms. The van der Waals surface area contributed by atoms with Crippen molar-refractivity contribution in [3.8, 4) is 0 Å². The lowest BCUT2D eigenvalue weighted by Gasteiger charge is -2.23. The lowest BCUT2D eigenvalue weighted by atomic mass is 10.1. The number of amides is 1. The van der Waals surface area contributed by atoms with Gasteiger partial charge >= 0.3 is 6.09 Å². The lowest BCUT2D eigenvalue weighted by molar-refractivity contribution is 0.0482. The van der Waals surface area contributed by atoms with Gasteiger partial charge in [0.1, 0.15) is 5.60 Å². The van der Waals surface area contributed by atoms with Crippen LogP contribution in [0.5, 0.6) is 0 Å². The molecule has 0 aliphatic rings. The summed E-state index contributed by atoms with van der Waals surface area (Å²) in [5, 5.41) is 12.5. The molecule has 0 bridgehead atoms. The Morgan fingerprint density at radius 1 is 1.39 bits per heavy atom. The molecule has 0 radical (unpaired) electrons. The molecule has 0 aromatic heterocycles. The fourth-order valence-electron chi connectivity index (χ4n) is 1.38. The number of aliphatic hydroxyl groups is 1. The summed E-state index contributed by atoms with van der Waals surface area (Å²) >= 11 is 5.78. The summed E-state index contributed by atoms with van der Waals surface area (Å²) in [5.74, 6) is 0. The first-order chi connectivity index (χ1) is 8.31. The van der Waals surface area contributed by atoms with E-state index >= 15 is 0 Å². The van der Waals surface area contributed by atoms with Crippen molar-refractivity contribution in [3.05, 3.63) is 34.9 Å². The van der Waals surface area contributed by atoms with Crippen molar-refractivity contribution >= 4 is 17.7 Å². The van der Waals surface area contributed by atoms with E-state index in [2.05, 4.69) is 5.32 Å². The summed E-state index contributed by atoms with van der Waals surface area (Å²) in [7, 11) is 0. The second-order valence-corrected chi connectivity index (χ2v) is 5.37. The maximum absolute atomic E-state index is 11.6. The second-order valence-electron chi connectivity index (χ2n) is 4.93. The highest BCUT2D eigenvalue weighted by Crippen LogP contribution is 2.17. The molecule has 0 aliphatic carbocycles. The molecule has 1 atom stereocenters. The SMILES string of the molecule is CC(C)(C)OC(=O)N[C@@H](CO)c1ccc(Cl)cc1. The minimum Gasteiger partial charge on any atom is -0.444 e. The minimum atomic E-state index is -0.565. The van der Waals surface area contributed by atoms with Gasteiger partial charge in [0.05, 0.1) is 12.6 Å². The normalized spacial score (nSPS) is 12.9. The number of hydrogen-bond acceptors (Lipinski definition) is 3. The minimum absolute atomic E-state index is 0.207. The van der Waals surface area contributed by atoms with Gasteiger partial charge in [0.15, 0.2) is 0 Å². The van der Waals surface area contributed by atoms with Gasteiger partial charge < -0.3 is 15.2 Å². The van der Waals surface area contributed by atoms with E-state index in [9.17, 15) is 9.90 Å². The average Bonchev–Trinajstić information content (AvgIpc) is 2.25. The van der Waals surface area contributed by atoms with Crippen molar-refractivity contribution in [3.63, 3.8) is 0 Å². The number of carbonyl (C=O) groups excluding carboxylic acids is 1. The van der Waals surface area contributed by atoms with E-state index in [0.29, 0.717) is 5.02 Å². The Labute approximate surface area is 112 Å². The van der Waals surface area contributed by atoms with Crippen LogP contribution < -0.4 is 5.32 Å². The van der Waals surface area contributed by atoms with E-state index in [0.717, 1.165) is 5.56 Å². The Kier molecular flexibility index (Phi) is 4.99. The van der Waals surface area contributed by atoms with Gasteiger partial charge in [0, 0.05) is 5.02 Å². The maximum atomic E-state index is 11.6. The smallest absolute Gasteiger partial charge is 0.408 e. The molecular weight excluding hydrogens is 254 g/mol. The van der Waals surface area contributed by atoms with E-state index in [-0.39, 0.29) is 6.61 Å². The van der Waals surface area contributed by atoms with Gasteiger partial charge in [-0.25, -0.2) is 4.79 Å². The molecule has 0 heterocycles. The summed E-state index contributed by atoms with van der Waals surface area (Å²) in [6.07, 6.45) is -0.559. The van der Waals surface area contributed by atoms with Crippen LogP contribution in [0.3, 0.4) is 0 Å². The number of rotatable bonds is 3. The third kappa shape index (κ3) is 4.94. The number of nitrogens with one attached hydrogen (secondary N) is 1. The molecule has 2 N–H and O–H groups in total. The fourth-order valence-corrected chi connectivity index (χ4v) is 1.51. The zero-order valence-corrected chi connectivity index (χ0v) is 11.5. The maximum Gasteiger partial charge on any atom is 0.408 e. The zero-order chi connectivity index (χ0) is 13.8. The van der Waals surface area contributed by atoms with Gasteiger partial charge in [0.25, 0.3) is 0 Å². The first kappa shape index (κ1) is 14.8. The molecule has 4 nitrogen and oxygen atoms in total. The molecule has 5 heteroatoms. The number of aliphatic hydroxyl groups excluding tert-OH is 1. The summed E-state index contributed by atoms with van der Waals surface area (Å²) in [5.41, 5.74) is 0.206. The predicted molar refractivity (Wildman–Crippen MR) is 70.6 cm³/mol. The first-order valence-corrected chi connectivity index (χ1v) is 6.05. The van der Waals surface area contributed by atoms with Gasteiger partial charge in [-0.1, -0.05) is 23.7 Å². The van der Waals surface area contributed by atoms with Crippen molar-refractivity contribution in [2.75, 3.05) is 6.61 Å². The summed E-state index contributed by atoms with van der Waals surface area (Å²) < 4.78 is 5.13. The van der Waals surface area contributed by atoms with E-state index < -0.39 is 17.7 Å². The summed E-state index contributed by atoms with van der Waals surface area (Å²) in [6.45, 7) is 5.13. The molecule has 0 saturated heterocycles. The number of carbonyl (C=O) groups is 1. The molecule has 0 saturated carbocycles. The Morgan fingerprint density at radius 2 is 1.94 bits per heavy atom. The monoisotopic (exact) mass is 271 g/mol. The number of halogens is 1. The van der Waals surface area contributed by atoms with Gasteiger partial charge in [-0.15, -0.1) is 0 Å². The van der Waals surface area contributed by atoms with Crippen LogP contribution in [0, 0.1) is 0 Å². The number of hydrogen-bond donors (Lipinski definition) is 2. The molecular formula is C13H18ClNO3. The van der Waals surface area contributed by atoms with Crippen molar-refractivity contribution in [1.82, 2.24) is 5.32 Å². The molecule has 1 aromatic carbocycles.